The van der Waals surface area contributed by atoms with E-state index in [0.29, 0.717) is 24.4 Å². The maximum absolute atomic E-state index is 13.3. The number of aromatic amines is 1. The molecule has 0 bridgehead atoms. The first-order chi connectivity index (χ1) is 15.6. The monoisotopic (exact) mass is 449 g/mol. The van der Waals surface area contributed by atoms with Crippen LogP contribution in [0.2, 0.25) is 5.02 Å². The van der Waals surface area contributed by atoms with Crippen molar-refractivity contribution >= 4 is 28.4 Å². The van der Waals surface area contributed by atoms with Gasteiger partial charge in [0.15, 0.2) is 5.89 Å². The summed E-state index contributed by atoms with van der Waals surface area (Å²) >= 11 is 6.28. The van der Waals surface area contributed by atoms with Gasteiger partial charge in [0, 0.05) is 41.6 Å². The van der Waals surface area contributed by atoms with E-state index in [9.17, 15) is 4.79 Å². The summed E-state index contributed by atoms with van der Waals surface area (Å²) in [7, 11) is 1.63. The van der Waals surface area contributed by atoms with Crippen LogP contribution in [0.15, 0.2) is 59.3 Å². The van der Waals surface area contributed by atoms with Crippen molar-refractivity contribution in [1.82, 2.24) is 14.9 Å². The first-order valence-electron chi connectivity index (χ1n) is 10.7. The van der Waals surface area contributed by atoms with E-state index in [4.69, 9.17) is 20.8 Å². The number of nitrogens with one attached hydrogen (secondary N) is 1. The second-order valence-electron chi connectivity index (χ2n) is 8.14. The number of hydrogen-bond acceptors (Lipinski definition) is 4. The molecule has 1 atom stereocenters. The summed E-state index contributed by atoms with van der Waals surface area (Å²) in [5, 5.41) is 1.59. The Morgan fingerprint density at radius 1 is 1.31 bits per heavy atom. The number of H-pyrrole nitrogens is 1. The fraction of sp³-hybridized carbons (Fsp3) is 0.280. The fourth-order valence-electron chi connectivity index (χ4n) is 4.36. The number of rotatable bonds is 5. The predicted octanol–water partition coefficient (Wildman–Crippen LogP) is 5.43. The standard InChI is InChI=1S/C25H24ClN3O3/c1-31-18-8-9-23-20(12-18)21(14-27-23)25(30)29-10-4-6-17(15-29)24-28-13-19(32-24)11-16-5-2-3-7-22(16)26/h2-3,5,7-9,12-14,17,27H,4,6,10-11,15H2,1H3. The lowest BCUT2D eigenvalue weighted by Crippen LogP contribution is -2.39. The van der Waals surface area contributed by atoms with Crippen molar-refractivity contribution < 1.29 is 13.9 Å². The van der Waals surface area contributed by atoms with Gasteiger partial charge in [0.1, 0.15) is 11.5 Å². The van der Waals surface area contributed by atoms with E-state index in [2.05, 4.69) is 9.97 Å². The smallest absolute Gasteiger partial charge is 0.256 e. The van der Waals surface area contributed by atoms with E-state index < -0.39 is 0 Å². The molecule has 2 aromatic carbocycles. The van der Waals surface area contributed by atoms with Crippen LogP contribution in [0.5, 0.6) is 5.75 Å². The molecule has 7 heteroatoms. The average molecular weight is 450 g/mol. The van der Waals surface area contributed by atoms with Gasteiger partial charge in [-0.05, 0) is 42.7 Å². The Labute approximate surface area is 191 Å². The van der Waals surface area contributed by atoms with E-state index in [1.54, 1.807) is 19.5 Å². The molecule has 5 rings (SSSR count). The maximum Gasteiger partial charge on any atom is 0.256 e. The first-order valence-corrected chi connectivity index (χ1v) is 11.1. The molecule has 2 aromatic heterocycles. The van der Waals surface area contributed by atoms with Gasteiger partial charge in [-0.2, -0.15) is 0 Å². The van der Waals surface area contributed by atoms with Crippen LogP contribution in [-0.4, -0.2) is 41.0 Å². The third kappa shape index (κ3) is 3.98. The zero-order valence-electron chi connectivity index (χ0n) is 17.8. The van der Waals surface area contributed by atoms with Gasteiger partial charge in [0.05, 0.1) is 24.8 Å². The van der Waals surface area contributed by atoms with Crippen LogP contribution in [0.3, 0.4) is 0 Å². The van der Waals surface area contributed by atoms with E-state index >= 15 is 0 Å². The van der Waals surface area contributed by atoms with Gasteiger partial charge in [-0.3, -0.25) is 4.79 Å². The number of fused-ring (bicyclic) bond motifs is 1. The van der Waals surface area contributed by atoms with E-state index in [0.717, 1.165) is 52.4 Å². The van der Waals surface area contributed by atoms with Gasteiger partial charge in [-0.1, -0.05) is 29.8 Å². The summed E-state index contributed by atoms with van der Waals surface area (Å²) in [4.78, 5) is 22.9. The third-order valence-electron chi connectivity index (χ3n) is 6.07. The van der Waals surface area contributed by atoms with E-state index in [-0.39, 0.29) is 11.8 Å². The Hall–Kier alpha value is -3.25. The average Bonchev–Trinajstić information content (AvgIpc) is 3.47. The maximum atomic E-state index is 13.3. The van der Waals surface area contributed by atoms with Crippen LogP contribution in [0, 0.1) is 0 Å². The van der Waals surface area contributed by atoms with Crippen LogP contribution in [0.1, 0.15) is 46.3 Å². The molecule has 1 aliphatic rings. The van der Waals surface area contributed by atoms with Gasteiger partial charge >= 0.3 is 0 Å². The van der Waals surface area contributed by atoms with Gasteiger partial charge in [0.2, 0.25) is 0 Å². The minimum Gasteiger partial charge on any atom is -0.497 e. The molecule has 1 unspecified atom stereocenters. The van der Waals surface area contributed by atoms with Crippen molar-refractivity contribution in [2.24, 2.45) is 0 Å². The van der Waals surface area contributed by atoms with Crippen LogP contribution in [0.25, 0.3) is 10.9 Å². The molecule has 0 spiro atoms. The van der Waals surface area contributed by atoms with Crippen molar-refractivity contribution in [3.05, 3.63) is 82.7 Å². The number of benzene rings is 2. The molecule has 6 nitrogen and oxygen atoms in total. The number of hydrogen-bond donors (Lipinski definition) is 1. The quantitative estimate of drug-likeness (QED) is 0.441. The molecule has 1 aliphatic heterocycles. The molecule has 3 heterocycles. The van der Waals surface area contributed by atoms with Crippen molar-refractivity contribution in [2.45, 2.75) is 25.2 Å². The second kappa shape index (κ2) is 8.71. The molecule has 0 saturated carbocycles. The zero-order chi connectivity index (χ0) is 22.1. The number of ether oxygens (including phenoxy) is 1. The minimum atomic E-state index is 0.0112. The molecule has 1 fully saturated rings. The van der Waals surface area contributed by atoms with Gasteiger partial charge in [-0.15, -0.1) is 0 Å². The van der Waals surface area contributed by atoms with Crippen LogP contribution in [0.4, 0.5) is 0 Å². The Balaban J connectivity index is 1.32. The largest absolute Gasteiger partial charge is 0.497 e. The topological polar surface area (TPSA) is 71.4 Å². The van der Waals surface area contributed by atoms with Crippen molar-refractivity contribution in [2.75, 3.05) is 20.2 Å². The molecule has 1 saturated heterocycles. The fourth-order valence-corrected chi connectivity index (χ4v) is 4.56. The van der Waals surface area contributed by atoms with Crippen LogP contribution < -0.4 is 4.74 Å². The summed E-state index contributed by atoms with van der Waals surface area (Å²) < 4.78 is 11.4. The molecule has 0 radical (unpaired) electrons. The first kappa shape index (κ1) is 20.6. The normalized spacial score (nSPS) is 16.4. The third-order valence-corrected chi connectivity index (χ3v) is 6.44. The number of amides is 1. The number of nitrogens with zero attached hydrogens (tertiary/aromatic N) is 2. The lowest BCUT2D eigenvalue weighted by atomic mass is 9.97. The number of aromatic nitrogens is 2. The Bertz CT molecular complexity index is 1260. The lowest BCUT2D eigenvalue weighted by molar-refractivity contribution is 0.0700. The molecule has 4 aromatic rings. The summed E-state index contributed by atoms with van der Waals surface area (Å²) in [6.45, 7) is 1.31. The number of likely N-dealkylation sites (tertiary alicyclic amines) is 1. The number of carbonyl (C=O) groups is 1. The molecule has 0 aliphatic carbocycles. The minimum absolute atomic E-state index is 0.0112. The number of halogens is 1. The molecular weight excluding hydrogens is 426 g/mol. The SMILES string of the molecule is COc1ccc2[nH]cc(C(=O)N3CCCC(c4ncc(Cc5ccccc5Cl)o4)C3)c2c1. The van der Waals surface area contributed by atoms with Gasteiger partial charge in [0.25, 0.3) is 5.91 Å². The highest BCUT2D eigenvalue weighted by Crippen LogP contribution is 2.30. The summed E-state index contributed by atoms with van der Waals surface area (Å²) in [5.74, 6) is 2.28. The molecule has 1 amide bonds. The highest BCUT2D eigenvalue weighted by atomic mass is 35.5. The van der Waals surface area contributed by atoms with Gasteiger partial charge < -0.3 is 19.0 Å². The number of piperidine rings is 1. The Morgan fingerprint density at radius 3 is 3.03 bits per heavy atom. The van der Waals surface area contributed by atoms with Crippen LogP contribution in [-0.2, 0) is 6.42 Å². The predicted molar refractivity (Wildman–Crippen MR) is 123 cm³/mol. The van der Waals surface area contributed by atoms with Crippen molar-refractivity contribution in [3.8, 4) is 5.75 Å². The molecule has 32 heavy (non-hydrogen) atoms. The second-order valence-corrected chi connectivity index (χ2v) is 8.54. The molecular formula is C25H24ClN3O3. The molecule has 1 N–H and O–H groups in total. The molecule has 164 valence electrons. The number of oxazole rings is 1. The summed E-state index contributed by atoms with van der Waals surface area (Å²) in [6.07, 6.45) is 6.00. The Morgan fingerprint density at radius 2 is 2.19 bits per heavy atom. The highest BCUT2D eigenvalue weighted by Gasteiger charge is 2.29. The Kier molecular flexibility index (Phi) is 5.62. The number of carbonyl (C=O) groups excluding carboxylic acids is 1. The van der Waals surface area contributed by atoms with E-state index in [1.807, 2.05) is 47.4 Å². The van der Waals surface area contributed by atoms with Crippen molar-refractivity contribution in [1.29, 1.82) is 0 Å². The summed E-state index contributed by atoms with van der Waals surface area (Å²) in [5.41, 5.74) is 2.58. The number of methoxy groups -OCH3 is 1. The lowest BCUT2D eigenvalue weighted by Gasteiger charge is -2.31. The highest BCUT2D eigenvalue weighted by molar-refractivity contribution is 6.31. The van der Waals surface area contributed by atoms with E-state index in [1.165, 1.54) is 0 Å². The van der Waals surface area contributed by atoms with Gasteiger partial charge in [-0.25, -0.2) is 4.98 Å². The zero-order valence-corrected chi connectivity index (χ0v) is 18.6. The van der Waals surface area contributed by atoms with Crippen LogP contribution >= 0.6 is 11.6 Å². The van der Waals surface area contributed by atoms with Crippen molar-refractivity contribution in [3.63, 3.8) is 0 Å². The summed E-state index contributed by atoms with van der Waals surface area (Å²) in [6, 6.07) is 13.4.